The van der Waals surface area contributed by atoms with Crippen LogP contribution in [0.15, 0.2) is 67.5 Å². The molecule has 0 saturated heterocycles. The molecule has 0 aliphatic carbocycles. The summed E-state index contributed by atoms with van der Waals surface area (Å²) in [4.78, 5) is 31.5. The lowest BCUT2D eigenvalue weighted by Gasteiger charge is -2.09. The fourth-order valence-corrected chi connectivity index (χ4v) is 2.65. The van der Waals surface area contributed by atoms with Gasteiger partial charge >= 0.3 is 0 Å². The summed E-state index contributed by atoms with van der Waals surface area (Å²) in [5, 5.41) is 11.4. The molecule has 0 radical (unpaired) electrons. The van der Waals surface area contributed by atoms with Crippen molar-refractivity contribution in [3.63, 3.8) is 0 Å². The first kappa shape index (κ1) is 15.5. The number of nitro groups is 1. The van der Waals surface area contributed by atoms with Gasteiger partial charge in [0.2, 0.25) is 0 Å². The molecule has 0 fully saturated rings. The molecule has 0 saturated carbocycles. The Balaban J connectivity index is 1.68. The number of rotatable bonds is 4. The van der Waals surface area contributed by atoms with Crippen molar-refractivity contribution in [2.45, 2.75) is 0 Å². The molecule has 128 valence electrons. The number of carbonyl (C=O) groups is 1. The molecule has 0 spiro atoms. The number of benzene rings is 2. The topological polar surface area (TPSA) is 108 Å². The Morgan fingerprint density at radius 2 is 2.00 bits per heavy atom. The first-order chi connectivity index (χ1) is 12.6. The second-order valence-corrected chi connectivity index (χ2v) is 5.47. The number of amides is 1. The molecule has 0 unspecified atom stereocenters. The van der Waals surface area contributed by atoms with Crippen molar-refractivity contribution in [1.29, 1.82) is 0 Å². The number of hydrogen-bond donors (Lipinski definition) is 1. The van der Waals surface area contributed by atoms with Gasteiger partial charge < -0.3 is 4.57 Å². The van der Waals surface area contributed by atoms with Crippen molar-refractivity contribution in [2.24, 2.45) is 0 Å². The first-order valence-corrected chi connectivity index (χ1v) is 7.64. The van der Waals surface area contributed by atoms with Gasteiger partial charge in [-0.15, -0.1) is 0 Å². The van der Waals surface area contributed by atoms with Gasteiger partial charge in [0.05, 0.1) is 22.3 Å². The van der Waals surface area contributed by atoms with Crippen LogP contribution in [0.2, 0.25) is 0 Å². The molecule has 0 aliphatic heterocycles. The Morgan fingerprint density at radius 3 is 2.77 bits per heavy atom. The summed E-state index contributed by atoms with van der Waals surface area (Å²) in [6.45, 7) is 0. The predicted octanol–water partition coefficient (Wildman–Crippen LogP) is 2.51. The zero-order chi connectivity index (χ0) is 18.1. The molecule has 2 heterocycles. The van der Waals surface area contributed by atoms with Gasteiger partial charge in [0, 0.05) is 24.0 Å². The Hall–Kier alpha value is -4.01. The van der Waals surface area contributed by atoms with E-state index in [4.69, 9.17) is 0 Å². The molecule has 4 rings (SSSR count). The Kier molecular flexibility index (Phi) is 3.66. The number of nitrogens with one attached hydrogen (secondary N) is 1. The smallest absolute Gasteiger partial charge is 0.294 e. The summed E-state index contributed by atoms with van der Waals surface area (Å²) < 4.78 is 3.00. The van der Waals surface area contributed by atoms with Gasteiger partial charge in [-0.1, -0.05) is 12.1 Å². The largest absolute Gasteiger partial charge is 0.300 e. The van der Waals surface area contributed by atoms with Crippen LogP contribution in [-0.2, 0) is 0 Å². The number of hydrogen-bond acceptors (Lipinski definition) is 5. The molecule has 4 aromatic rings. The molecule has 9 nitrogen and oxygen atoms in total. The summed E-state index contributed by atoms with van der Waals surface area (Å²) in [7, 11) is 0. The summed E-state index contributed by atoms with van der Waals surface area (Å²) in [5.74, 6) is -0.478. The van der Waals surface area contributed by atoms with E-state index < -0.39 is 10.8 Å². The molecule has 0 aliphatic rings. The predicted molar refractivity (Wildman–Crippen MR) is 93.6 cm³/mol. The molecular formula is C17H12N6O3. The first-order valence-electron chi connectivity index (χ1n) is 7.64. The summed E-state index contributed by atoms with van der Waals surface area (Å²) in [6, 6.07) is 11.6. The van der Waals surface area contributed by atoms with Gasteiger partial charge in [0.25, 0.3) is 11.6 Å². The maximum atomic E-state index is 12.5. The van der Waals surface area contributed by atoms with Crippen LogP contribution in [0.4, 0.5) is 5.69 Å². The molecule has 26 heavy (non-hydrogen) atoms. The number of nitro benzene ring substituents is 1. The van der Waals surface area contributed by atoms with Gasteiger partial charge in [-0.3, -0.25) is 20.3 Å². The molecular weight excluding hydrogens is 336 g/mol. The lowest BCUT2D eigenvalue weighted by Crippen LogP contribution is -2.22. The van der Waals surface area contributed by atoms with Gasteiger partial charge in [0.1, 0.15) is 12.0 Å². The number of carbonyl (C=O) groups excluding carboxylic acids is 1. The second kappa shape index (κ2) is 6.13. The molecule has 0 atom stereocenters. The molecule has 2 aromatic heterocycles. The third-order valence-electron chi connectivity index (χ3n) is 3.89. The Morgan fingerprint density at radius 1 is 1.15 bits per heavy atom. The molecule has 0 bridgehead atoms. The molecule has 1 N–H and O–H groups in total. The van der Waals surface area contributed by atoms with Gasteiger partial charge in [-0.2, -0.15) is 0 Å². The zero-order valence-corrected chi connectivity index (χ0v) is 13.3. The van der Waals surface area contributed by atoms with Crippen LogP contribution in [0.3, 0.4) is 0 Å². The fourth-order valence-electron chi connectivity index (χ4n) is 2.65. The van der Waals surface area contributed by atoms with Gasteiger partial charge in [-0.05, 0) is 24.3 Å². The maximum Gasteiger partial charge on any atom is 0.294 e. The number of fused-ring (bicyclic) bond motifs is 1. The van der Waals surface area contributed by atoms with Crippen LogP contribution < -0.4 is 5.43 Å². The van der Waals surface area contributed by atoms with Crippen molar-refractivity contribution in [1.82, 2.24) is 19.2 Å². The third kappa shape index (κ3) is 2.67. The highest BCUT2D eigenvalue weighted by atomic mass is 16.6. The number of nitrogens with zero attached hydrogens (tertiary/aromatic N) is 5. The van der Waals surface area contributed by atoms with Crippen molar-refractivity contribution in [3.8, 4) is 5.69 Å². The van der Waals surface area contributed by atoms with Crippen LogP contribution in [0.25, 0.3) is 16.7 Å². The number of imidazole rings is 2. The molecule has 1 amide bonds. The highest BCUT2D eigenvalue weighted by Gasteiger charge is 2.19. The zero-order valence-electron chi connectivity index (χ0n) is 13.3. The molecule has 9 heteroatoms. The average molecular weight is 348 g/mol. The molecule has 2 aromatic carbocycles. The summed E-state index contributed by atoms with van der Waals surface area (Å²) in [5.41, 5.74) is 4.44. The van der Waals surface area contributed by atoms with E-state index >= 15 is 0 Å². The van der Waals surface area contributed by atoms with E-state index in [-0.39, 0.29) is 11.3 Å². The lowest BCUT2D eigenvalue weighted by atomic mass is 10.1. The van der Waals surface area contributed by atoms with Crippen molar-refractivity contribution in [3.05, 3.63) is 83.2 Å². The van der Waals surface area contributed by atoms with Gasteiger partial charge in [-0.25, -0.2) is 14.6 Å². The number of para-hydroxylation sites is 2. The van der Waals surface area contributed by atoms with Crippen LogP contribution in [0.1, 0.15) is 10.4 Å². The minimum Gasteiger partial charge on any atom is -0.300 e. The van der Waals surface area contributed by atoms with E-state index in [9.17, 15) is 14.9 Å². The van der Waals surface area contributed by atoms with Crippen LogP contribution >= 0.6 is 0 Å². The van der Waals surface area contributed by atoms with E-state index in [2.05, 4.69) is 15.4 Å². The maximum absolute atomic E-state index is 12.5. The van der Waals surface area contributed by atoms with E-state index in [1.54, 1.807) is 6.20 Å². The normalized spacial score (nSPS) is 10.8. The highest BCUT2D eigenvalue weighted by molar-refractivity contribution is 6.01. The standard InChI is InChI=1S/C17H12N6O3/c24-17(20-22-11-19-13-3-1-2-4-14(13)22)12-5-6-15(16(9-12)23(25)26)21-8-7-18-10-21/h1-11H,(H,20,24). The van der Waals surface area contributed by atoms with Crippen LogP contribution in [-0.4, -0.2) is 30.0 Å². The minimum absolute atomic E-state index is 0.165. The van der Waals surface area contributed by atoms with Crippen LogP contribution in [0, 0.1) is 10.1 Å². The minimum atomic E-state index is -0.529. The van der Waals surface area contributed by atoms with Crippen LogP contribution in [0.5, 0.6) is 0 Å². The third-order valence-corrected chi connectivity index (χ3v) is 3.89. The quantitative estimate of drug-likeness (QED) is 0.450. The van der Waals surface area contributed by atoms with Crippen molar-refractivity contribution in [2.75, 3.05) is 5.43 Å². The summed E-state index contributed by atoms with van der Waals surface area (Å²) >= 11 is 0. The van der Waals surface area contributed by atoms with E-state index in [1.165, 1.54) is 46.3 Å². The highest BCUT2D eigenvalue weighted by Crippen LogP contribution is 2.24. The van der Waals surface area contributed by atoms with E-state index in [0.29, 0.717) is 5.69 Å². The van der Waals surface area contributed by atoms with E-state index in [1.807, 2.05) is 24.3 Å². The average Bonchev–Trinajstić information content (AvgIpc) is 3.32. The van der Waals surface area contributed by atoms with Crippen molar-refractivity contribution >= 4 is 22.6 Å². The van der Waals surface area contributed by atoms with Gasteiger partial charge in [0.15, 0.2) is 0 Å². The summed E-state index contributed by atoms with van der Waals surface area (Å²) in [6.07, 6.45) is 6.06. The Bertz CT molecular complexity index is 1120. The Labute approximate surface area is 146 Å². The monoisotopic (exact) mass is 348 g/mol. The SMILES string of the molecule is O=C(Nn1cnc2ccccc21)c1ccc(-n2ccnc2)c([N+](=O)[O-])c1. The number of aromatic nitrogens is 4. The fraction of sp³-hybridized carbons (Fsp3) is 0. The van der Waals surface area contributed by atoms with Crippen molar-refractivity contribution < 1.29 is 9.72 Å². The van der Waals surface area contributed by atoms with E-state index in [0.717, 1.165) is 11.0 Å². The second-order valence-electron chi connectivity index (χ2n) is 5.47. The lowest BCUT2D eigenvalue weighted by molar-refractivity contribution is -0.384.